The Labute approximate surface area is 232 Å². The standard InChI is InChI=1S/C31H32N6O3/c1-31(2,3)35-30(39)40-20-24-15-10-16-25(17-24)37-28-26(34-29(37)38)27(32-21-33-28)36(18-22-11-6-4-7-12-22)19-23-13-8-5-9-14-23/h4-17,21H,18-20H2,1-3H3,(H,34,38)(H,35,39). The molecule has 0 fully saturated rings. The van der Waals surface area contributed by atoms with Crippen molar-refractivity contribution in [3.05, 3.63) is 118 Å². The van der Waals surface area contributed by atoms with E-state index in [1.165, 1.54) is 10.9 Å². The Morgan fingerprint density at radius 1 is 0.900 bits per heavy atom. The van der Waals surface area contributed by atoms with Gasteiger partial charge in [0.2, 0.25) is 0 Å². The summed E-state index contributed by atoms with van der Waals surface area (Å²) in [6.45, 7) is 6.91. The second-order valence-electron chi connectivity index (χ2n) is 10.6. The van der Waals surface area contributed by atoms with Crippen molar-refractivity contribution in [1.82, 2.24) is 24.8 Å². The molecule has 0 spiro atoms. The summed E-state index contributed by atoms with van der Waals surface area (Å²) in [6, 6.07) is 27.6. The summed E-state index contributed by atoms with van der Waals surface area (Å²) < 4.78 is 6.90. The van der Waals surface area contributed by atoms with E-state index < -0.39 is 11.6 Å². The lowest BCUT2D eigenvalue weighted by atomic mass is 10.1. The van der Waals surface area contributed by atoms with Crippen LogP contribution in [0.4, 0.5) is 10.6 Å². The fourth-order valence-electron chi connectivity index (χ4n) is 4.48. The molecular formula is C31H32N6O3. The first-order valence-electron chi connectivity index (χ1n) is 13.1. The normalized spacial score (nSPS) is 11.4. The lowest BCUT2D eigenvalue weighted by molar-refractivity contribution is 0.131. The van der Waals surface area contributed by atoms with E-state index in [9.17, 15) is 9.59 Å². The third-order valence-electron chi connectivity index (χ3n) is 6.20. The molecule has 0 saturated carbocycles. The molecule has 0 bridgehead atoms. The van der Waals surface area contributed by atoms with Gasteiger partial charge in [-0.15, -0.1) is 0 Å². The van der Waals surface area contributed by atoms with E-state index in [1.54, 1.807) is 0 Å². The number of hydrogen-bond donors (Lipinski definition) is 2. The second-order valence-corrected chi connectivity index (χ2v) is 10.6. The van der Waals surface area contributed by atoms with Crippen molar-refractivity contribution < 1.29 is 9.53 Å². The number of nitrogens with zero attached hydrogens (tertiary/aromatic N) is 4. The minimum Gasteiger partial charge on any atom is -0.445 e. The van der Waals surface area contributed by atoms with Gasteiger partial charge in [-0.2, -0.15) is 0 Å². The maximum atomic E-state index is 13.3. The number of anilines is 1. The molecule has 2 N–H and O–H groups in total. The molecule has 5 rings (SSSR count). The van der Waals surface area contributed by atoms with Crippen molar-refractivity contribution in [2.75, 3.05) is 4.90 Å². The van der Waals surface area contributed by atoms with E-state index in [2.05, 4.69) is 49.4 Å². The van der Waals surface area contributed by atoms with Crippen LogP contribution >= 0.6 is 0 Å². The number of carbonyl (C=O) groups excluding carboxylic acids is 1. The fraction of sp³-hybridized carbons (Fsp3) is 0.226. The number of rotatable bonds is 8. The highest BCUT2D eigenvalue weighted by atomic mass is 16.5. The van der Waals surface area contributed by atoms with Gasteiger partial charge in [-0.25, -0.2) is 24.1 Å². The van der Waals surface area contributed by atoms with E-state index in [0.29, 0.717) is 35.8 Å². The third-order valence-corrected chi connectivity index (χ3v) is 6.20. The molecule has 0 aliphatic heterocycles. The van der Waals surface area contributed by atoms with Gasteiger partial charge in [-0.1, -0.05) is 72.8 Å². The Morgan fingerprint density at radius 3 is 2.15 bits per heavy atom. The average Bonchev–Trinajstić information content (AvgIpc) is 3.28. The van der Waals surface area contributed by atoms with Crippen LogP contribution in [-0.2, 0) is 24.4 Å². The van der Waals surface area contributed by atoms with Crippen LogP contribution in [0, 0.1) is 0 Å². The summed E-state index contributed by atoms with van der Waals surface area (Å²) in [6.07, 6.45) is 0.977. The number of carbonyl (C=O) groups is 1. The smallest absolute Gasteiger partial charge is 0.407 e. The van der Waals surface area contributed by atoms with E-state index >= 15 is 0 Å². The third kappa shape index (κ3) is 6.37. The first kappa shape index (κ1) is 26.7. The number of ether oxygens (including phenoxy) is 1. The van der Waals surface area contributed by atoms with Crippen molar-refractivity contribution in [2.45, 2.75) is 46.0 Å². The van der Waals surface area contributed by atoms with Crippen LogP contribution in [0.1, 0.15) is 37.5 Å². The number of nitrogens with one attached hydrogen (secondary N) is 2. The molecule has 5 aromatic rings. The number of fused-ring (bicyclic) bond motifs is 1. The maximum absolute atomic E-state index is 13.3. The van der Waals surface area contributed by atoms with Crippen molar-refractivity contribution >= 4 is 23.1 Å². The predicted molar refractivity (Wildman–Crippen MR) is 155 cm³/mol. The molecule has 3 aromatic carbocycles. The predicted octanol–water partition coefficient (Wildman–Crippen LogP) is 5.34. The topological polar surface area (TPSA) is 105 Å². The summed E-state index contributed by atoms with van der Waals surface area (Å²) in [5, 5.41) is 2.77. The van der Waals surface area contributed by atoms with Gasteiger partial charge in [0.1, 0.15) is 18.5 Å². The molecule has 0 saturated heterocycles. The van der Waals surface area contributed by atoms with Crippen LogP contribution in [0.15, 0.2) is 96.1 Å². The summed E-state index contributed by atoms with van der Waals surface area (Å²) in [5.41, 5.74) is 3.87. The number of aromatic amines is 1. The highest BCUT2D eigenvalue weighted by Gasteiger charge is 2.20. The number of benzene rings is 3. The Hall–Kier alpha value is -4.92. The zero-order chi connectivity index (χ0) is 28.1. The van der Waals surface area contributed by atoms with Crippen molar-refractivity contribution in [2.24, 2.45) is 0 Å². The first-order chi connectivity index (χ1) is 19.3. The molecular weight excluding hydrogens is 504 g/mol. The Bertz CT molecular complexity index is 1610. The van der Waals surface area contributed by atoms with Gasteiger partial charge < -0.3 is 19.9 Å². The van der Waals surface area contributed by atoms with Crippen LogP contribution < -0.4 is 15.9 Å². The largest absolute Gasteiger partial charge is 0.445 e. The van der Waals surface area contributed by atoms with Gasteiger partial charge >= 0.3 is 11.8 Å². The van der Waals surface area contributed by atoms with Gasteiger partial charge in [0.15, 0.2) is 11.5 Å². The quantitative estimate of drug-likeness (QED) is 0.277. The van der Waals surface area contributed by atoms with E-state index in [-0.39, 0.29) is 12.3 Å². The van der Waals surface area contributed by atoms with E-state index in [1.807, 2.05) is 81.4 Å². The molecule has 0 radical (unpaired) electrons. The Balaban J connectivity index is 1.49. The molecule has 0 aliphatic carbocycles. The van der Waals surface area contributed by atoms with E-state index in [4.69, 9.17) is 4.74 Å². The number of imidazole rings is 1. The lowest BCUT2D eigenvalue weighted by Gasteiger charge is -2.24. The Morgan fingerprint density at radius 2 is 1.52 bits per heavy atom. The summed E-state index contributed by atoms with van der Waals surface area (Å²) in [5.74, 6) is 0.631. The van der Waals surface area contributed by atoms with Gasteiger partial charge in [0.25, 0.3) is 0 Å². The minimum absolute atomic E-state index is 0.0645. The molecule has 0 unspecified atom stereocenters. The van der Waals surface area contributed by atoms with Crippen molar-refractivity contribution in [1.29, 1.82) is 0 Å². The minimum atomic E-state index is -0.503. The number of amides is 1. The Kier molecular flexibility index (Phi) is 7.63. The van der Waals surface area contributed by atoms with Crippen molar-refractivity contribution in [3.63, 3.8) is 0 Å². The molecule has 1 amide bonds. The number of alkyl carbamates (subject to hydrolysis) is 1. The average molecular weight is 537 g/mol. The van der Waals surface area contributed by atoms with Gasteiger partial charge in [0.05, 0.1) is 5.69 Å². The zero-order valence-electron chi connectivity index (χ0n) is 22.8. The molecule has 9 heteroatoms. The molecule has 9 nitrogen and oxygen atoms in total. The second kappa shape index (κ2) is 11.4. The molecule has 204 valence electrons. The highest BCUT2D eigenvalue weighted by Crippen LogP contribution is 2.26. The molecule has 0 aliphatic rings. The summed E-state index contributed by atoms with van der Waals surface area (Å²) in [4.78, 5) is 39.6. The molecule has 2 aromatic heterocycles. The van der Waals surface area contributed by atoms with Gasteiger partial charge in [-0.05, 0) is 49.6 Å². The maximum Gasteiger partial charge on any atom is 0.407 e. The van der Waals surface area contributed by atoms with Crippen LogP contribution in [-0.4, -0.2) is 31.2 Å². The SMILES string of the molecule is CC(C)(C)NC(=O)OCc1cccc(-n2c(=O)[nH]c3c(N(Cc4ccccc4)Cc4ccccc4)ncnc32)c1. The highest BCUT2D eigenvalue weighted by molar-refractivity contribution is 5.84. The van der Waals surface area contributed by atoms with Crippen LogP contribution in [0.3, 0.4) is 0 Å². The number of aromatic nitrogens is 4. The van der Waals surface area contributed by atoms with Crippen LogP contribution in [0.5, 0.6) is 0 Å². The van der Waals surface area contributed by atoms with Gasteiger partial charge in [-0.3, -0.25) is 0 Å². The fourth-order valence-corrected chi connectivity index (χ4v) is 4.48. The van der Waals surface area contributed by atoms with Crippen LogP contribution in [0.25, 0.3) is 16.9 Å². The number of hydrogen-bond acceptors (Lipinski definition) is 6. The zero-order valence-corrected chi connectivity index (χ0v) is 22.8. The molecule has 2 heterocycles. The van der Waals surface area contributed by atoms with Crippen molar-refractivity contribution in [3.8, 4) is 5.69 Å². The molecule has 0 atom stereocenters. The van der Waals surface area contributed by atoms with E-state index in [0.717, 1.165) is 16.7 Å². The first-order valence-corrected chi connectivity index (χ1v) is 13.1. The van der Waals surface area contributed by atoms with Gasteiger partial charge in [0, 0.05) is 18.6 Å². The number of H-pyrrole nitrogens is 1. The summed E-state index contributed by atoms with van der Waals surface area (Å²) >= 11 is 0. The van der Waals surface area contributed by atoms with Crippen LogP contribution in [0.2, 0.25) is 0 Å². The molecule has 40 heavy (non-hydrogen) atoms. The summed E-state index contributed by atoms with van der Waals surface area (Å²) in [7, 11) is 0. The lowest BCUT2D eigenvalue weighted by Crippen LogP contribution is -2.40. The monoisotopic (exact) mass is 536 g/mol.